The van der Waals surface area contributed by atoms with Gasteiger partial charge < -0.3 is 9.88 Å². The third-order valence-electron chi connectivity index (χ3n) is 2.12. The fourth-order valence-corrected chi connectivity index (χ4v) is 1.14. The van der Waals surface area contributed by atoms with E-state index in [1.165, 1.54) is 6.07 Å². The Morgan fingerprint density at radius 3 is 2.67 bits per heavy atom. The summed E-state index contributed by atoms with van der Waals surface area (Å²) in [5.41, 5.74) is 0.607. The van der Waals surface area contributed by atoms with Crippen molar-refractivity contribution in [3.8, 4) is 0 Å². The van der Waals surface area contributed by atoms with Crippen LogP contribution in [0.5, 0.6) is 0 Å². The Balaban J connectivity index is 2.88. The number of pyridine rings is 1. The summed E-state index contributed by atoms with van der Waals surface area (Å²) in [7, 11) is 0. The molecule has 82 valence electrons. The topological polar surface area (TPSA) is 51.1 Å². The number of hydrogen-bond acceptors (Lipinski definition) is 2. The van der Waals surface area contributed by atoms with E-state index in [1.54, 1.807) is 16.8 Å². The van der Waals surface area contributed by atoms with Crippen LogP contribution in [-0.2, 0) is 11.3 Å². The van der Waals surface area contributed by atoms with Gasteiger partial charge >= 0.3 is 0 Å². The van der Waals surface area contributed by atoms with Crippen molar-refractivity contribution in [1.29, 1.82) is 0 Å². The number of amides is 1. The van der Waals surface area contributed by atoms with Crippen LogP contribution in [0, 0.1) is 5.92 Å². The predicted octanol–water partition coefficient (Wildman–Crippen LogP) is 1.46. The number of rotatable bonds is 3. The minimum absolute atomic E-state index is 0.0451. The molecule has 1 aromatic rings. The summed E-state index contributed by atoms with van der Waals surface area (Å²) in [5.74, 6) is -0.108. The Bertz CT molecular complexity index is 407. The third kappa shape index (κ3) is 2.94. The fraction of sp³-hybridized carbons (Fsp3) is 0.455. The van der Waals surface area contributed by atoms with Crippen molar-refractivity contribution in [3.63, 3.8) is 0 Å². The maximum absolute atomic E-state index is 11.4. The molecule has 15 heavy (non-hydrogen) atoms. The van der Waals surface area contributed by atoms with Gasteiger partial charge in [0, 0.05) is 24.7 Å². The number of carbonyl (C=O) groups is 1. The summed E-state index contributed by atoms with van der Waals surface area (Å²) in [5, 5.41) is 2.74. The van der Waals surface area contributed by atoms with Gasteiger partial charge in [-0.15, -0.1) is 0 Å². The minimum atomic E-state index is -0.0630. The lowest BCUT2D eigenvalue weighted by Gasteiger charge is -2.09. The van der Waals surface area contributed by atoms with E-state index in [0.717, 1.165) is 0 Å². The van der Waals surface area contributed by atoms with Crippen molar-refractivity contribution >= 4 is 11.6 Å². The number of nitrogens with zero attached hydrogens (tertiary/aromatic N) is 1. The van der Waals surface area contributed by atoms with E-state index in [9.17, 15) is 9.59 Å². The van der Waals surface area contributed by atoms with Gasteiger partial charge in [0.1, 0.15) is 0 Å². The first-order valence-electron chi connectivity index (χ1n) is 5.06. The van der Waals surface area contributed by atoms with Crippen LogP contribution >= 0.6 is 0 Å². The summed E-state index contributed by atoms with van der Waals surface area (Å²) < 4.78 is 1.55. The van der Waals surface area contributed by atoms with Gasteiger partial charge in [-0.3, -0.25) is 9.59 Å². The molecule has 0 unspecified atom stereocenters. The highest BCUT2D eigenvalue weighted by Gasteiger charge is 2.07. The van der Waals surface area contributed by atoms with E-state index in [2.05, 4.69) is 5.32 Å². The normalized spacial score (nSPS) is 10.4. The molecule has 1 rings (SSSR count). The zero-order valence-electron chi connectivity index (χ0n) is 9.28. The number of carbonyl (C=O) groups excluding carboxylic acids is 1. The number of aromatic nitrogens is 1. The van der Waals surface area contributed by atoms with Crippen molar-refractivity contribution < 1.29 is 4.79 Å². The van der Waals surface area contributed by atoms with Gasteiger partial charge in [-0.05, 0) is 13.0 Å². The lowest BCUT2D eigenvalue weighted by Crippen LogP contribution is -2.21. The van der Waals surface area contributed by atoms with Crippen LogP contribution in [0.15, 0.2) is 23.1 Å². The molecule has 0 fully saturated rings. The van der Waals surface area contributed by atoms with E-state index in [0.29, 0.717) is 12.2 Å². The van der Waals surface area contributed by atoms with Crippen LogP contribution in [0.25, 0.3) is 0 Å². The molecule has 0 bridgehead atoms. The van der Waals surface area contributed by atoms with Crippen LogP contribution in [0.2, 0.25) is 0 Å². The van der Waals surface area contributed by atoms with E-state index in [-0.39, 0.29) is 17.4 Å². The Kier molecular flexibility index (Phi) is 3.66. The van der Waals surface area contributed by atoms with E-state index < -0.39 is 0 Å². The molecular formula is C11H16N2O2. The second kappa shape index (κ2) is 4.77. The second-order valence-corrected chi connectivity index (χ2v) is 3.69. The standard InChI is InChI=1S/C11H16N2O2/c1-4-13-7-9(5-6-10(13)14)12-11(15)8(2)3/h5-8H,4H2,1-3H3,(H,12,15). The second-order valence-electron chi connectivity index (χ2n) is 3.69. The SMILES string of the molecule is CCn1cc(NC(=O)C(C)C)ccc1=O. The molecule has 4 heteroatoms. The molecule has 1 amide bonds. The number of anilines is 1. The van der Waals surface area contributed by atoms with Gasteiger partial charge in [0.05, 0.1) is 5.69 Å². The molecule has 0 spiro atoms. The number of hydrogen-bond donors (Lipinski definition) is 1. The monoisotopic (exact) mass is 208 g/mol. The molecule has 0 aliphatic carbocycles. The average molecular weight is 208 g/mol. The summed E-state index contributed by atoms with van der Waals surface area (Å²) in [6.07, 6.45) is 1.66. The van der Waals surface area contributed by atoms with Gasteiger partial charge in [-0.2, -0.15) is 0 Å². The maximum Gasteiger partial charge on any atom is 0.250 e. The molecular weight excluding hydrogens is 192 g/mol. The molecule has 4 nitrogen and oxygen atoms in total. The van der Waals surface area contributed by atoms with Gasteiger partial charge in [0.25, 0.3) is 5.56 Å². The highest BCUT2D eigenvalue weighted by molar-refractivity contribution is 5.91. The largest absolute Gasteiger partial charge is 0.325 e. The van der Waals surface area contributed by atoms with Crippen LogP contribution in [0.1, 0.15) is 20.8 Å². The molecule has 0 aliphatic rings. The van der Waals surface area contributed by atoms with Crippen molar-refractivity contribution in [2.24, 2.45) is 5.92 Å². The summed E-state index contributed by atoms with van der Waals surface area (Å²) in [6.45, 7) is 6.13. The lowest BCUT2D eigenvalue weighted by atomic mass is 10.2. The predicted molar refractivity (Wildman–Crippen MR) is 59.8 cm³/mol. The van der Waals surface area contributed by atoms with Crippen LogP contribution < -0.4 is 10.9 Å². The Morgan fingerprint density at radius 2 is 2.13 bits per heavy atom. The molecule has 0 aliphatic heterocycles. The molecule has 0 atom stereocenters. The first kappa shape index (κ1) is 11.5. The van der Waals surface area contributed by atoms with E-state index in [1.807, 2.05) is 20.8 Å². The van der Waals surface area contributed by atoms with Crippen molar-refractivity contribution in [3.05, 3.63) is 28.7 Å². The molecule has 0 saturated heterocycles. The van der Waals surface area contributed by atoms with Gasteiger partial charge in [-0.1, -0.05) is 13.8 Å². The summed E-state index contributed by atoms with van der Waals surface area (Å²) in [6, 6.07) is 3.08. The maximum atomic E-state index is 11.4. The van der Waals surface area contributed by atoms with Crippen LogP contribution in [0.3, 0.4) is 0 Å². The average Bonchev–Trinajstić information content (AvgIpc) is 2.20. The Morgan fingerprint density at radius 1 is 1.47 bits per heavy atom. The molecule has 0 aromatic carbocycles. The van der Waals surface area contributed by atoms with Gasteiger partial charge in [0.2, 0.25) is 5.91 Å². The highest BCUT2D eigenvalue weighted by Crippen LogP contribution is 2.05. The molecule has 1 aromatic heterocycles. The van der Waals surface area contributed by atoms with Gasteiger partial charge in [0.15, 0.2) is 0 Å². The van der Waals surface area contributed by atoms with Gasteiger partial charge in [-0.25, -0.2) is 0 Å². The summed E-state index contributed by atoms with van der Waals surface area (Å²) >= 11 is 0. The van der Waals surface area contributed by atoms with E-state index >= 15 is 0 Å². The molecule has 1 heterocycles. The van der Waals surface area contributed by atoms with Crippen molar-refractivity contribution in [1.82, 2.24) is 4.57 Å². The Hall–Kier alpha value is -1.58. The zero-order chi connectivity index (χ0) is 11.4. The quantitative estimate of drug-likeness (QED) is 0.817. The zero-order valence-corrected chi connectivity index (χ0v) is 9.28. The number of aryl methyl sites for hydroxylation is 1. The molecule has 0 radical (unpaired) electrons. The van der Waals surface area contributed by atoms with Crippen LogP contribution in [-0.4, -0.2) is 10.5 Å². The lowest BCUT2D eigenvalue weighted by molar-refractivity contribution is -0.118. The first-order chi connectivity index (χ1) is 7.04. The molecule has 1 N–H and O–H groups in total. The Labute approximate surface area is 88.9 Å². The minimum Gasteiger partial charge on any atom is -0.325 e. The highest BCUT2D eigenvalue weighted by atomic mass is 16.2. The van der Waals surface area contributed by atoms with Crippen molar-refractivity contribution in [2.45, 2.75) is 27.3 Å². The van der Waals surface area contributed by atoms with Crippen LogP contribution in [0.4, 0.5) is 5.69 Å². The summed E-state index contributed by atoms with van der Waals surface area (Å²) in [4.78, 5) is 22.7. The number of nitrogens with one attached hydrogen (secondary N) is 1. The molecule has 0 saturated carbocycles. The fourth-order valence-electron chi connectivity index (χ4n) is 1.14. The first-order valence-corrected chi connectivity index (χ1v) is 5.06. The van der Waals surface area contributed by atoms with E-state index in [4.69, 9.17) is 0 Å². The third-order valence-corrected chi connectivity index (χ3v) is 2.12. The van der Waals surface area contributed by atoms with Crippen molar-refractivity contribution in [2.75, 3.05) is 5.32 Å². The smallest absolute Gasteiger partial charge is 0.250 e.